The summed E-state index contributed by atoms with van der Waals surface area (Å²) in [5.41, 5.74) is 19.4. The molecule has 0 bridgehead atoms. The quantitative estimate of drug-likeness (QED) is 0.0652. The van der Waals surface area contributed by atoms with Crippen molar-refractivity contribution in [3.05, 3.63) is 71.3 Å². The Balaban J connectivity index is 0.00000109. The predicted molar refractivity (Wildman–Crippen MR) is 208 cm³/mol. The van der Waals surface area contributed by atoms with E-state index in [1.54, 1.807) is 0 Å². The van der Waals surface area contributed by atoms with Gasteiger partial charge in [-0.1, -0.05) is 93.1 Å². The van der Waals surface area contributed by atoms with Gasteiger partial charge in [0.2, 0.25) is 17.7 Å². The van der Waals surface area contributed by atoms with Gasteiger partial charge in [0.25, 0.3) is 0 Å². The molecule has 0 spiro atoms. The minimum Gasteiger partial charge on any atom is -0.475 e. The summed E-state index contributed by atoms with van der Waals surface area (Å²) in [4.78, 5) is 54.9. The number of nitrogen functional groups attached to an aromatic ring is 1. The van der Waals surface area contributed by atoms with E-state index in [4.69, 9.17) is 32.5 Å². The van der Waals surface area contributed by atoms with Crippen molar-refractivity contribution in [3.8, 4) is 0 Å². The van der Waals surface area contributed by atoms with Crippen LogP contribution in [0, 0.1) is 23.2 Å². The van der Waals surface area contributed by atoms with Crippen LogP contribution < -0.4 is 33.2 Å². The molecule has 2 aliphatic carbocycles. The molecule has 2 aliphatic rings. The number of hydrogen-bond acceptors (Lipinski definition) is 6. The Kier molecular flexibility index (Phi) is 18.6. The fraction of sp³-hybridized carbons (Fsp3) is 0.550. The average Bonchev–Trinajstić information content (AvgIpc) is 3.18. The lowest BCUT2D eigenvalue weighted by Crippen LogP contribution is -2.57. The van der Waals surface area contributed by atoms with Crippen LogP contribution in [0.15, 0.2) is 59.6 Å². The second-order valence-corrected chi connectivity index (χ2v) is 14.5. The summed E-state index contributed by atoms with van der Waals surface area (Å²) in [5.74, 6) is -3.55. The Morgan fingerprint density at radius 3 is 1.89 bits per heavy atom. The molecule has 13 nitrogen and oxygen atoms in total. The summed E-state index contributed by atoms with van der Waals surface area (Å²) in [5, 5.41) is 24.1. The molecule has 16 heteroatoms. The number of nitrogens with one attached hydrogen (secondary N) is 4. The minimum atomic E-state index is -5.08. The topological polar surface area (TPSA) is 239 Å². The number of amides is 3. The molecule has 0 saturated heterocycles. The lowest BCUT2D eigenvalue weighted by molar-refractivity contribution is -0.192. The number of aliphatic carboxylic acids is 1. The number of carboxylic acids is 1. The third-order valence-electron chi connectivity index (χ3n) is 10.4. The Bertz CT molecular complexity index is 1590. The monoisotopic (exact) mass is 786 g/mol. The van der Waals surface area contributed by atoms with Gasteiger partial charge in [-0.25, -0.2) is 4.79 Å². The number of carboxylic acid groups (broad SMARTS) is 1. The van der Waals surface area contributed by atoms with E-state index >= 15 is 0 Å². The number of halogens is 3. The molecule has 0 heterocycles. The van der Waals surface area contributed by atoms with Crippen LogP contribution in [0.1, 0.15) is 93.7 Å². The molecule has 308 valence electrons. The highest BCUT2D eigenvalue weighted by atomic mass is 19.4. The molecule has 2 saturated carbocycles. The molecular weight excluding hydrogens is 729 g/mol. The number of benzene rings is 2. The summed E-state index contributed by atoms with van der Waals surface area (Å²) >= 11 is 0. The maximum absolute atomic E-state index is 14.3. The molecule has 3 atom stereocenters. The molecule has 2 aromatic carbocycles. The molecule has 0 aliphatic heterocycles. The van der Waals surface area contributed by atoms with E-state index in [0.29, 0.717) is 44.3 Å². The van der Waals surface area contributed by atoms with E-state index in [0.717, 1.165) is 68.9 Å². The largest absolute Gasteiger partial charge is 0.490 e. The van der Waals surface area contributed by atoms with Gasteiger partial charge in [-0.2, -0.15) is 13.2 Å². The Morgan fingerprint density at radius 1 is 0.786 bits per heavy atom. The fourth-order valence-electron chi connectivity index (χ4n) is 7.34. The van der Waals surface area contributed by atoms with Gasteiger partial charge in [-0.15, -0.1) is 0 Å². The highest BCUT2D eigenvalue weighted by Gasteiger charge is 2.39. The smallest absolute Gasteiger partial charge is 0.475 e. The first-order valence-electron chi connectivity index (χ1n) is 19.4. The van der Waals surface area contributed by atoms with Crippen molar-refractivity contribution in [2.75, 3.05) is 13.1 Å². The average molecular weight is 787 g/mol. The summed E-state index contributed by atoms with van der Waals surface area (Å²) in [6, 6.07) is 15.9. The number of rotatable bonds is 17. The van der Waals surface area contributed by atoms with Crippen molar-refractivity contribution in [1.29, 1.82) is 5.41 Å². The number of amidine groups is 1. The molecule has 2 fully saturated rings. The van der Waals surface area contributed by atoms with Gasteiger partial charge in [0.05, 0.1) is 0 Å². The Morgan fingerprint density at radius 2 is 1.36 bits per heavy atom. The summed E-state index contributed by atoms with van der Waals surface area (Å²) < 4.78 is 31.7. The summed E-state index contributed by atoms with van der Waals surface area (Å²) in [7, 11) is 0. The number of nitrogens with zero attached hydrogens (tertiary/aromatic N) is 1. The molecular formula is C40H57F3N8O5. The van der Waals surface area contributed by atoms with Crippen molar-refractivity contribution >= 4 is 35.5 Å². The van der Waals surface area contributed by atoms with Crippen LogP contribution in [0.25, 0.3) is 0 Å². The van der Waals surface area contributed by atoms with Crippen molar-refractivity contribution in [3.63, 3.8) is 0 Å². The van der Waals surface area contributed by atoms with Gasteiger partial charge in [0.1, 0.15) is 17.9 Å². The van der Waals surface area contributed by atoms with E-state index in [1.807, 2.05) is 54.6 Å². The lowest BCUT2D eigenvalue weighted by Gasteiger charge is -2.34. The van der Waals surface area contributed by atoms with Crippen LogP contribution >= 0.6 is 0 Å². The van der Waals surface area contributed by atoms with E-state index in [-0.39, 0.29) is 47.3 Å². The van der Waals surface area contributed by atoms with Crippen LogP contribution in [0.4, 0.5) is 13.2 Å². The molecule has 0 aromatic heterocycles. The molecule has 1 unspecified atom stereocenters. The first-order valence-corrected chi connectivity index (χ1v) is 19.4. The lowest BCUT2D eigenvalue weighted by atomic mass is 9.76. The zero-order valence-corrected chi connectivity index (χ0v) is 31.8. The molecule has 56 heavy (non-hydrogen) atoms. The normalized spacial score (nSPS) is 16.5. The number of carbonyl (C=O) groups is 4. The highest BCUT2D eigenvalue weighted by molar-refractivity contribution is 5.95. The van der Waals surface area contributed by atoms with Gasteiger partial charge in [-0.05, 0) is 74.3 Å². The van der Waals surface area contributed by atoms with Gasteiger partial charge >= 0.3 is 12.1 Å². The first kappa shape index (κ1) is 45.2. The number of alkyl halides is 3. The van der Waals surface area contributed by atoms with Crippen LogP contribution in [0.5, 0.6) is 0 Å². The van der Waals surface area contributed by atoms with Gasteiger partial charge in [-0.3, -0.25) is 24.8 Å². The van der Waals surface area contributed by atoms with Crippen LogP contribution in [-0.4, -0.2) is 71.9 Å². The molecule has 11 N–H and O–H groups in total. The Labute approximate surface area is 326 Å². The third kappa shape index (κ3) is 15.9. The van der Waals surface area contributed by atoms with E-state index in [9.17, 15) is 27.6 Å². The zero-order chi connectivity index (χ0) is 41.1. The van der Waals surface area contributed by atoms with Gasteiger partial charge in [0, 0.05) is 24.6 Å². The van der Waals surface area contributed by atoms with Gasteiger partial charge < -0.3 is 38.3 Å². The van der Waals surface area contributed by atoms with Gasteiger partial charge in [0.15, 0.2) is 5.96 Å². The van der Waals surface area contributed by atoms with Crippen molar-refractivity contribution in [2.24, 2.45) is 39.9 Å². The summed E-state index contributed by atoms with van der Waals surface area (Å²) in [6.07, 6.45) is 7.09. The summed E-state index contributed by atoms with van der Waals surface area (Å²) in [6.45, 7) is 0.771. The zero-order valence-electron chi connectivity index (χ0n) is 31.8. The number of carbonyl (C=O) groups excluding carboxylic acids is 3. The minimum absolute atomic E-state index is 0.00822. The number of hydrogen-bond donors (Lipinski definition) is 8. The van der Waals surface area contributed by atoms with E-state index < -0.39 is 24.2 Å². The SMILES string of the molecule is N=C(N)c1ccc(CC(C(=O)N[C@H](C(=O)N[C@@H](CCCN=C(N)N)C(=O)NCCc2ccccc2)C2CCCCC2)C2CCCCC2)cc1.O=C(O)C(F)(F)F. The number of nitrogens with two attached hydrogens (primary N) is 3. The molecule has 2 aromatic rings. The second kappa shape index (κ2) is 23.0. The maximum Gasteiger partial charge on any atom is 0.490 e. The van der Waals surface area contributed by atoms with Crippen molar-refractivity contribution in [2.45, 2.75) is 108 Å². The van der Waals surface area contributed by atoms with Crippen LogP contribution in [0.3, 0.4) is 0 Å². The van der Waals surface area contributed by atoms with E-state index in [2.05, 4.69) is 20.9 Å². The van der Waals surface area contributed by atoms with E-state index in [1.165, 1.54) is 6.42 Å². The molecule has 4 rings (SSSR count). The molecule has 3 amide bonds. The highest BCUT2D eigenvalue weighted by Crippen LogP contribution is 2.33. The second-order valence-electron chi connectivity index (χ2n) is 14.5. The molecule has 0 radical (unpaired) electrons. The fourth-order valence-corrected chi connectivity index (χ4v) is 7.34. The third-order valence-corrected chi connectivity index (χ3v) is 10.4. The van der Waals surface area contributed by atoms with Crippen molar-refractivity contribution in [1.82, 2.24) is 16.0 Å². The first-order chi connectivity index (χ1) is 26.6. The standard InChI is InChI=1S/C38H56N8O3.C2HF3O2/c39-34(40)30-20-18-27(19-21-30)25-31(28-13-6-2-7-14-28)35(47)46-33(29-15-8-3-9-16-29)37(49)45-32(17-10-23-44-38(41)42)36(48)43-24-22-26-11-4-1-5-12-26;3-2(4,5)1(6)7/h1,4-5,11-12,18-21,28-29,31-33H,2-3,6-10,13-17,22-25H2,(H3,39,40)(H,43,48)(H,45,49)(H,46,47)(H4,41,42,44);(H,6,7)/t31?,32-,33-;/m0./s1. The predicted octanol–water partition coefficient (Wildman–Crippen LogP) is 4.31. The van der Waals surface area contributed by atoms with Crippen molar-refractivity contribution < 1.29 is 37.5 Å². The number of guanidine groups is 1. The van der Waals surface area contributed by atoms with Crippen LogP contribution in [-0.2, 0) is 32.0 Å². The van der Waals surface area contributed by atoms with Crippen LogP contribution in [0.2, 0.25) is 0 Å². The Hall–Kier alpha value is -5.15. The number of aliphatic imine (C=N–C) groups is 1. The maximum atomic E-state index is 14.3.